The van der Waals surface area contributed by atoms with Crippen LogP contribution in [0.2, 0.25) is 0 Å². The highest BCUT2D eigenvalue weighted by Crippen LogP contribution is 1.65. The highest BCUT2D eigenvalue weighted by molar-refractivity contribution is 5.39. The largest absolute Gasteiger partial charge is 0.426 e. The lowest BCUT2D eigenvalue weighted by Gasteiger charge is -1.72. The molecule has 0 bridgehead atoms. The number of ether oxygens (including phenoxy) is 1. The molecule has 0 saturated carbocycles. The molecular weight excluding hydrogens is 80.0 g/mol. The van der Waals surface area contributed by atoms with Crippen molar-refractivity contribution in [2.24, 2.45) is 0 Å². The fourth-order valence-electron chi connectivity index (χ4n) is 0.0958. The molecule has 0 aliphatic rings. The zero-order chi connectivity index (χ0) is 4.83. The summed E-state index contributed by atoms with van der Waals surface area (Å²) in [6.45, 7) is 2.98. The fourth-order valence-corrected chi connectivity index (χ4v) is 0.0958. The van der Waals surface area contributed by atoms with E-state index in [1.807, 2.05) is 0 Å². The molecule has 0 aliphatic carbocycles. The third kappa shape index (κ3) is 3.21. The highest BCUT2D eigenvalue weighted by atomic mass is 16.5. The summed E-state index contributed by atoms with van der Waals surface area (Å²) in [6, 6.07) is 0. The molecule has 0 saturated heterocycles. The Hall–Kier alpha value is -0.790. The molecule has 0 N–H and O–H groups in total. The lowest BCUT2D eigenvalue weighted by molar-refractivity contribution is 0.397. The van der Waals surface area contributed by atoms with Gasteiger partial charge in [0.05, 0.1) is 6.26 Å². The Bertz CT molecular complexity index is 56.6. The lowest BCUT2D eigenvalue weighted by Crippen LogP contribution is -1.68. The number of carbonyl (C=O) groups excluding carboxylic acids is 1. The number of rotatable bonds is 2. The van der Waals surface area contributed by atoms with Crippen molar-refractivity contribution < 1.29 is 9.53 Å². The molecule has 0 fully saturated rings. The quantitative estimate of drug-likeness (QED) is 0.459. The molecule has 0 spiro atoms. The molecule has 0 aliphatic heterocycles. The summed E-state index contributed by atoms with van der Waals surface area (Å²) in [7, 11) is 0. The first-order valence-electron chi connectivity index (χ1n) is 1.55. The van der Waals surface area contributed by atoms with E-state index in [4.69, 9.17) is 4.79 Å². The Morgan fingerprint density at radius 2 is 2.50 bits per heavy atom. The van der Waals surface area contributed by atoms with E-state index in [1.165, 1.54) is 12.7 Å². The maximum atomic E-state index is 9.17. The molecule has 1 radical (unpaired) electrons. The average molecular weight is 85.1 g/mol. The first-order valence-corrected chi connectivity index (χ1v) is 1.55. The van der Waals surface area contributed by atoms with Crippen molar-refractivity contribution in [3.8, 4) is 0 Å². The maximum absolute atomic E-state index is 9.17. The minimum atomic E-state index is 1.23. The summed E-state index contributed by atoms with van der Waals surface area (Å²) in [5.41, 5.74) is 0. The van der Waals surface area contributed by atoms with Gasteiger partial charge in [-0.1, -0.05) is 6.08 Å². The first kappa shape index (κ1) is 5.21. The molecule has 0 atom stereocenters. The van der Waals surface area contributed by atoms with Crippen molar-refractivity contribution >= 4 is 6.47 Å². The molecule has 0 aromatic heterocycles. The molecule has 33 valence electrons. The molecule has 0 heterocycles. The fraction of sp³-hybridized carbons (Fsp3) is 0.250. The molecule has 0 aromatic carbocycles. The third-order valence-electron chi connectivity index (χ3n) is 0.252. The molecule has 0 aromatic rings. The van der Waals surface area contributed by atoms with E-state index in [9.17, 15) is 0 Å². The predicted octanol–water partition coefficient (Wildman–Crippen LogP) is 0.604. The Morgan fingerprint density at radius 1 is 1.83 bits per heavy atom. The summed E-state index contributed by atoms with van der Waals surface area (Å²) in [4.78, 5) is 9.17. The van der Waals surface area contributed by atoms with Gasteiger partial charge < -0.3 is 4.74 Å². The van der Waals surface area contributed by atoms with Crippen LogP contribution in [0.25, 0.3) is 0 Å². The highest BCUT2D eigenvalue weighted by Gasteiger charge is 1.61. The summed E-state index contributed by atoms with van der Waals surface area (Å²) < 4.78 is 4.00. The molecule has 0 rings (SSSR count). The lowest BCUT2D eigenvalue weighted by atomic mass is 10.7. The minimum absolute atomic E-state index is 1.23. The Balaban J connectivity index is 2.85. The van der Waals surface area contributed by atoms with Crippen molar-refractivity contribution in [3.05, 3.63) is 12.3 Å². The Morgan fingerprint density at radius 3 is 2.67 bits per heavy atom. The normalized spacial score (nSPS) is 8.83. The molecule has 0 amide bonds. The van der Waals surface area contributed by atoms with Crippen LogP contribution in [0, 0.1) is 0 Å². The van der Waals surface area contributed by atoms with Crippen LogP contribution in [-0.2, 0) is 9.53 Å². The molecular formula is C4H5O2. The van der Waals surface area contributed by atoms with Crippen molar-refractivity contribution in [1.29, 1.82) is 0 Å². The smallest absolute Gasteiger partial charge is 0.422 e. The second-order valence-electron chi connectivity index (χ2n) is 0.671. The van der Waals surface area contributed by atoms with Crippen LogP contribution < -0.4 is 0 Å². The zero-order valence-corrected chi connectivity index (χ0v) is 3.47. The SMILES string of the molecule is CC=CO[C]=O. The average Bonchev–Trinajstić information content (AvgIpc) is 1.61. The topological polar surface area (TPSA) is 26.3 Å². The number of hydrogen-bond acceptors (Lipinski definition) is 2. The van der Waals surface area contributed by atoms with Crippen LogP contribution in [0.3, 0.4) is 0 Å². The number of allylic oxidation sites excluding steroid dienone is 1. The van der Waals surface area contributed by atoms with E-state index in [2.05, 4.69) is 4.74 Å². The summed E-state index contributed by atoms with van der Waals surface area (Å²) in [5.74, 6) is 0. The molecule has 2 nitrogen and oxygen atoms in total. The van der Waals surface area contributed by atoms with E-state index in [0.29, 0.717) is 0 Å². The van der Waals surface area contributed by atoms with Gasteiger partial charge in [-0.15, -0.1) is 0 Å². The molecule has 6 heavy (non-hydrogen) atoms. The van der Waals surface area contributed by atoms with Gasteiger partial charge in [-0.2, -0.15) is 0 Å². The van der Waals surface area contributed by atoms with E-state index < -0.39 is 0 Å². The van der Waals surface area contributed by atoms with Gasteiger partial charge in [0, 0.05) is 0 Å². The number of hydrogen-bond donors (Lipinski definition) is 0. The van der Waals surface area contributed by atoms with E-state index in [-0.39, 0.29) is 0 Å². The van der Waals surface area contributed by atoms with Crippen molar-refractivity contribution in [3.63, 3.8) is 0 Å². The van der Waals surface area contributed by atoms with Crippen molar-refractivity contribution in [2.45, 2.75) is 6.92 Å². The van der Waals surface area contributed by atoms with Crippen molar-refractivity contribution in [1.82, 2.24) is 0 Å². The Labute approximate surface area is 36.4 Å². The van der Waals surface area contributed by atoms with E-state index in [0.717, 1.165) is 0 Å². The van der Waals surface area contributed by atoms with Crippen LogP contribution in [-0.4, -0.2) is 6.47 Å². The zero-order valence-electron chi connectivity index (χ0n) is 3.47. The van der Waals surface area contributed by atoms with Crippen LogP contribution >= 0.6 is 0 Å². The molecule has 0 unspecified atom stereocenters. The maximum Gasteiger partial charge on any atom is 0.422 e. The standard InChI is InChI=1S/C4H5O2/c1-2-3-6-4-5/h2-3H,1H3. The van der Waals surface area contributed by atoms with Gasteiger partial charge in [0.1, 0.15) is 0 Å². The van der Waals surface area contributed by atoms with Crippen LogP contribution in [0.1, 0.15) is 6.92 Å². The van der Waals surface area contributed by atoms with Gasteiger partial charge in [0.25, 0.3) is 0 Å². The van der Waals surface area contributed by atoms with Gasteiger partial charge in [-0.25, -0.2) is 4.79 Å². The summed E-state index contributed by atoms with van der Waals surface area (Å²) in [6.07, 6.45) is 2.86. The van der Waals surface area contributed by atoms with Crippen molar-refractivity contribution in [2.75, 3.05) is 0 Å². The van der Waals surface area contributed by atoms with Crippen LogP contribution in [0.5, 0.6) is 0 Å². The first-order chi connectivity index (χ1) is 2.91. The summed E-state index contributed by atoms with van der Waals surface area (Å²) in [5, 5.41) is 0. The van der Waals surface area contributed by atoms with E-state index >= 15 is 0 Å². The second kappa shape index (κ2) is 4.21. The predicted molar refractivity (Wildman–Crippen MR) is 21.6 cm³/mol. The van der Waals surface area contributed by atoms with Crippen LogP contribution in [0.15, 0.2) is 12.3 Å². The van der Waals surface area contributed by atoms with Gasteiger partial charge in [-0.05, 0) is 6.92 Å². The van der Waals surface area contributed by atoms with Gasteiger partial charge >= 0.3 is 6.47 Å². The monoisotopic (exact) mass is 85.0 g/mol. The Kier molecular flexibility index (Phi) is 3.66. The van der Waals surface area contributed by atoms with Gasteiger partial charge in [0.2, 0.25) is 0 Å². The minimum Gasteiger partial charge on any atom is -0.426 e. The molecule has 2 heteroatoms. The second-order valence-corrected chi connectivity index (χ2v) is 0.671. The van der Waals surface area contributed by atoms with Gasteiger partial charge in [-0.3, -0.25) is 0 Å². The third-order valence-corrected chi connectivity index (χ3v) is 0.252. The van der Waals surface area contributed by atoms with E-state index in [1.54, 1.807) is 13.0 Å². The van der Waals surface area contributed by atoms with Gasteiger partial charge in [0.15, 0.2) is 0 Å². The summed E-state index contributed by atoms with van der Waals surface area (Å²) >= 11 is 0. The van der Waals surface area contributed by atoms with Crippen LogP contribution in [0.4, 0.5) is 0 Å².